The van der Waals surface area contributed by atoms with Crippen LogP contribution >= 0.6 is 11.3 Å². The van der Waals surface area contributed by atoms with Crippen molar-refractivity contribution in [3.63, 3.8) is 0 Å². The first-order valence-corrected chi connectivity index (χ1v) is 4.75. The molecule has 0 aliphatic heterocycles. The first-order valence-electron chi connectivity index (χ1n) is 3.87. The van der Waals surface area contributed by atoms with Crippen LogP contribution in [0.1, 0.15) is 15.2 Å². The highest BCUT2D eigenvalue weighted by molar-refractivity contribution is 7.12. The number of nitrogens with zero attached hydrogens (tertiary/aromatic N) is 1. The maximum atomic E-state index is 10.2. The topological polar surface area (TPSA) is 57.6 Å². The molecule has 1 aromatic rings. The maximum Gasteiger partial charge on any atom is 0.345 e. The van der Waals surface area contributed by atoms with Gasteiger partial charge in [0.15, 0.2) is 0 Å². The van der Waals surface area contributed by atoms with Crippen LogP contribution in [0.3, 0.4) is 0 Å². The Morgan fingerprint density at radius 3 is 2.21 bits per heavy atom. The van der Waals surface area contributed by atoms with Crippen molar-refractivity contribution < 1.29 is 14.7 Å². The summed E-state index contributed by atoms with van der Waals surface area (Å²) in [6, 6.07) is 1.66. The molecule has 4 nitrogen and oxygen atoms in total. The van der Waals surface area contributed by atoms with E-state index in [1.54, 1.807) is 20.2 Å². The predicted octanol–water partition coefficient (Wildman–Crippen LogP) is 1.46. The number of aromatic carboxylic acids is 1. The number of carbonyl (C=O) groups is 2. The fourth-order valence-corrected chi connectivity index (χ4v) is 1.28. The van der Waals surface area contributed by atoms with Gasteiger partial charge in [0.2, 0.25) is 6.41 Å². The zero-order chi connectivity index (χ0) is 11.1. The van der Waals surface area contributed by atoms with E-state index < -0.39 is 5.97 Å². The normalized spacial score (nSPS) is 8.50. The number of hydrogen-bond acceptors (Lipinski definition) is 3. The number of carboxylic acids is 1. The molecule has 1 heterocycles. The molecule has 1 amide bonds. The molecular weight excluding hydrogens is 202 g/mol. The van der Waals surface area contributed by atoms with Gasteiger partial charge in [-0.2, -0.15) is 0 Å². The summed E-state index contributed by atoms with van der Waals surface area (Å²) in [5.74, 6) is -0.840. The number of hydrogen-bond donors (Lipinski definition) is 1. The van der Waals surface area contributed by atoms with E-state index in [0.29, 0.717) is 4.88 Å². The van der Waals surface area contributed by atoms with Gasteiger partial charge in [0.05, 0.1) is 0 Å². The molecule has 5 heteroatoms. The Morgan fingerprint density at radius 2 is 2.07 bits per heavy atom. The molecule has 0 spiro atoms. The van der Waals surface area contributed by atoms with E-state index in [-0.39, 0.29) is 0 Å². The molecule has 1 N–H and O–H groups in total. The van der Waals surface area contributed by atoms with Crippen LogP contribution in [0.2, 0.25) is 0 Å². The van der Waals surface area contributed by atoms with Crippen LogP contribution in [0.5, 0.6) is 0 Å². The van der Waals surface area contributed by atoms with Crippen LogP contribution in [0.15, 0.2) is 11.4 Å². The van der Waals surface area contributed by atoms with Crippen LogP contribution in [0.4, 0.5) is 0 Å². The number of thiophene rings is 1. The highest BCUT2D eigenvalue weighted by Gasteiger charge is 2.02. The summed E-state index contributed by atoms with van der Waals surface area (Å²) >= 11 is 1.26. The van der Waals surface area contributed by atoms with Crippen LogP contribution in [-0.4, -0.2) is 36.5 Å². The van der Waals surface area contributed by atoms with E-state index in [4.69, 9.17) is 5.11 Å². The lowest BCUT2D eigenvalue weighted by Crippen LogP contribution is -2.06. The van der Waals surface area contributed by atoms with Crippen molar-refractivity contribution >= 4 is 23.7 Å². The van der Waals surface area contributed by atoms with E-state index in [2.05, 4.69) is 0 Å². The number of aryl methyl sites for hydroxylation is 1. The van der Waals surface area contributed by atoms with Crippen molar-refractivity contribution in [1.82, 2.24) is 4.90 Å². The van der Waals surface area contributed by atoms with E-state index >= 15 is 0 Å². The quantitative estimate of drug-likeness (QED) is 0.760. The van der Waals surface area contributed by atoms with Crippen LogP contribution < -0.4 is 0 Å². The van der Waals surface area contributed by atoms with Crippen LogP contribution in [0.25, 0.3) is 0 Å². The van der Waals surface area contributed by atoms with E-state index in [9.17, 15) is 9.59 Å². The van der Waals surface area contributed by atoms with Crippen molar-refractivity contribution in [2.24, 2.45) is 0 Å². The molecule has 0 aromatic carbocycles. The Bertz CT molecular complexity index is 307. The van der Waals surface area contributed by atoms with E-state index in [1.807, 2.05) is 12.3 Å². The van der Waals surface area contributed by atoms with Gasteiger partial charge in [-0.1, -0.05) is 0 Å². The minimum atomic E-state index is -0.840. The lowest BCUT2D eigenvalue weighted by Gasteiger charge is -1.93. The molecule has 0 saturated heterocycles. The lowest BCUT2D eigenvalue weighted by atomic mass is 10.3. The zero-order valence-electron chi connectivity index (χ0n) is 8.35. The summed E-state index contributed by atoms with van der Waals surface area (Å²) in [6.07, 6.45) is 0.750. The summed E-state index contributed by atoms with van der Waals surface area (Å²) in [4.78, 5) is 21.5. The van der Waals surface area contributed by atoms with Gasteiger partial charge in [0, 0.05) is 14.1 Å². The smallest absolute Gasteiger partial charge is 0.345 e. The standard InChI is InChI=1S/C6H6O2S.C3H7NO/c1-4-2-5(6(7)8)9-3-4;1-4(2)3-5/h2-3H,1H3,(H,7,8);3H,1-2H3. The summed E-state index contributed by atoms with van der Waals surface area (Å²) in [5.41, 5.74) is 1.01. The van der Waals surface area contributed by atoms with Gasteiger partial charge in [-0.3, -0.25) is 4.79 Å². The van der Waals surface area contributed by atoms with Crippen molar-refractivity contribution in [1.29, 1.82) is 0 Å². The molecule has 1 rings (SSSR count). The number of rotatable bonds is 2. The molecule has 1 aromatic heterocycles. The summed E-state index contributed by atoms with van der Waals surface area (Å²) < 4.78 is 0. The third-order valence-corrected chi connectivity index (χ3v) is 2.19. The molecule has 78 valence electrons. The second kappa shape index (κ2) is 6.15. The van der Waals surface area contributed by atoms with E-state index in [1.165, 1.54) is 16.2 Å². The fraction of sp³-hybridized carbons (Fsp3) is 0.333. The highest BCUT2D eigenvalue weighted by Crippen LogP contribution is 2.12. The number of carbonyl (C=O) groups excluding carboxylic acids is 1. The van der Waals surface area contributed by atoms with Gasteiger partial charge in [-0.05, 0) is 23.9 Å². The van der Waals surface area contributed by atoms with Crippen LogP contribution in [-0.2, 0) is 4.79 Å². The van der Waals surface area contributed by atoms with E-state index in [0.717, 1.165) is 12.0 Å². The number of carboxylic acid groups (broad SMARTS) is 1. The third-order valence-electron chi connectivity index (χ3n) is 1.15. The lowest BCUT2D eigenvalue weighted by molar-refractivity contribution is -0.115. The Morgan fingerprint density at radius 1 is 1.57 bits per heavy atom. The van der Waals surface area contributed by atoms with Crippen molar-refractivity contribution in [2.75, 3.05) is 14.1 Å². The Hall–Kier alpha value is -1.36. The minimum Gasteiger partial charge on any atom is -0.477 e. The monoisotopic (exact) mass is 215 g/mol. The van der Waals surface area contributed by atoms with Gasteiger partial charge in [0.25, 0.3) is 0 Å². The molecule has 14 heavy (non-hydrogen) atoms. The largest absolute Gasteiger partial charge is 0.477 e. The summed E-state index contributed by atoms with van der Waals surface area (Å²) in [6.45, 7) is 1.88. The van der Waals surface area contributed by atoms with Gasteiger partial charge in [0.1, 0.15) is 4.88 Å². The molecular formula is C9H13NO3S. The number of amides is 1. The van der Waals surface area contributed by atoms with Gasteiger partial charge in [-0.15, -0.1) is 11.3 Å². The maximum absolute atomic E-state index is 10.2. The van der Waals surface area contributed by atoms with Gasteiger partial charge in [-0.25, -0.2) is 4.79 Å². The molecule has 0 atom stereocenters. The molecule has 0 aliphatic rings. The highest BCUT2D eigenvalue weighted by atomic mass is 32.1. The van der Waals surface area contributed by atoms with Gasteiger partial charge < -0.3 is 10.0 Å². The first-order chi connectivity index (χ1) is 6.47. The van der Waals surface area contributed by atoms with Crippen LogP contribution in [0, 0.1) is 6.92 Å². The molecule has 0 radical (unpaired) electrons. The third kappa shape index (κ3) is 5.31. The van der Waals surface area contributed by atoms with Crippen molar-refractivity contribution in [3.8, 4) is 0 Å². The second-order valence-corrected chi connectivity index (χ2v) is 3.77. The Balaban J connectivity index is 0.000000292. The molecule has 0 saturated carbocycles. The predicted molar refractivity (Wildman–Crippen MR) is 55.8 cm³/mol. The Kier molecular flexibility index (Phi) is 5.55. The molecule has 0 fully saturated rings. The molecule has 0 aliphatic carbocycles. The Labute approximate surface area is 86.8 Å². The fourth-order valence-electron chi connectivity index (χ4n) is 0.543. The average Bonchev–Trinajstić information content (AvgIpc) is 2.53. The summed E-state index contributed by atoms with van der Waals surface area (Å²) in [5, 5.41) is 10.2. The molecule has 0 unspecified atom stereocenters. The minimum absolute atomic E-state index is 0.410. The summed E-state index contributed by atoms with van der Waals surface area (Å²) in [7, 11) is 3.38. The van der Waals surface area contributed by atoms with Gasteiger partial charge >= 0.3 is 5.97 Å². The van der Waals surface area contributed by atoms with Crippen molar-refractivity contribution in [2.45, 2.75) is 6.92 Å². The first kappa shape index (κ1) is 12.6. The second-order valence-electron chi connectivity index (χ2n) is 2.86. The average molecular weight is 215 g/mol. The zero-order valence-corrected chi connectivity index (χ0v) is 9.17. The SMILES string of the molecule is CN(C)C=O.Cc1csc(C(=O)O)c1. The van der Waals surface area contributed by atoms with Crippen molar-refractivity contribution in [3.05, 3.63) is 21.9 Å². The molecule has 0 bridgehead atoms.